The van der Waals surface area contributed by atoms with Crippen LogP contribution in [0.2, 0.25) is 5.02 Å². The van der Waals surface area contributed by atoms with Crippen LogP contribution < -0.4 is 15.0 Å². The highest BCUT2D eigenvalue weighted by atomic mass is 35.5. The molecule has 0 saturated carbocycles. The number of hydrogen-bond donors (Lipinski definition) is 1. The van der Waals surface area contributed by atoms with Crippen molar-refractivity contribution < 1.29 is 23.5 Å². The second kappa shape index (κ2) is 9.14. The largest absolute Gasteiger partial charge is 0.495 e. The van der Waals surface area contributed by atoms with Crippen LogP contribution in [-0.2, 0) is 20.9 Å². The van der Waals surface area contributed by atoms with Crippen molar-refractivity contribution in [3.05, 3.63) is 58.9 Å². The molecule has 0 radical (unpaired) electrons. The van der Waals surface area contributed by atoms with Gasteiger partial charge in [0.2, 0.25) is 12.2 Å². The number of Topliss-reactive ketones (excluding diaryl/α,β-unsaturated/α-hetero) is 1. The number of carbonyl (C=O) groups is 3. The van der Waals surface area contributed by atoms with Crippen LogP contribution in [0.25, 0.3) is 0 Å². The van der Waals surface area contributed by atoms with Gasteiger partial charge in [0, 0.05) is 11.6 Å². The Hall–Kier alpha value is -2.93. The molecule has 0 aliphatic heterocycles. The standard InChI is InChI=1S/C19H18ClFN2O4/c1-12(23(11-24)16-5-3-4-6-17(16)27-2)18(25)19(26)22-10-13-7-14(20)9-15(21)8-13/h3-9,11-12H,10H2,1-2H3,(H,22,26). The summed E-state index contributed by atoms with van der Waals surface area (Å²) in [6, 6.07) is 9.39. The maximum Gasteiger partial charge on any atom is 0.289 e. The van der Waals surface area contributed by atoms with E-state index in [0.717, 1.165) is 11.0 Å². The molecule has 0 spiro atoms. The number of ketones is 1. The van der Waals surface area contributed by atoms with Crippen molar-refractivity contribution >= 4 is 35.4 Å². The zero-order chi connectivity index (χ0) is 20.0. The smallest absolute Gasteiger partial charge is 0.289 e. The van der Waals surface area contributed by atoms with E-state index in [-0.39, 0.29) is 11.6 Å². The Morgan fingerprint density at radius 3 is 2.63 bits per heavy atom. The first kappa shape index (κ1) is 20.4. The van der Waals surface area contributed by atoms with Gasteiger partial charge in [-0.25, -0.2) is 4.39 Å². The Labute approximate surface area is 160 Å². The summed E-state index contributed by atoms with van der Waals surface area (Å²) in [6.45, 7) is 1.35. The minimum absolute atomic E-state index is 0.0788. The number of rotatable bonds is 8. The third kappa shape index (κ3) is 5.04. The number of para-hydroxylation sites is 2. The van der Waals surface area contributed by atoms with E-state index in [4.69, 9.17) is 16.3 Å². The molecule has 27 heavy (non-hydrogen) atoms. The predicted octanol–water partition coefficient (Wildman–Crippen LogP) is 2.72. The number of ether oxygens (including phenoxy) is 1. The predicted molar refractivity (Wildman–Crippen MR) is 99.3 cm³/mol. The summed E-state index contributed by atoms with van der Waals surface area (Å²) in [5, 5.41) is 2.59. The molecule has 8 heteroatoms. The summed E-state index contributed by atoms with van der Waals surface area (Å²) in [6.07, 6.45) is 0.458. The van der Waals surface area contributed by atoms with Gasteiger partial charge >= 0.3 is 0 Å². The minimum Gasteiger partial charge on any atom is -0.495 e. The van der Waals surface area contributed by atoms with E-state index in [9.17, 15) is 18.8 Å². The second-order valence-electron chi connectivity index (χ2n) is 5.69. The minimum atomic E-state index is -1.06. The highest BCUT2D eigenvalue weighted by Crippen LogP contribution is 2.28. The molecule has 6 nitrogen and oxygen atoms in total. The molecule has 2 rings (SSSR count). The summed E-state index contributed by atoms with van der Waals surface area (Å²) in [7, 11) is 1.44. The van der Waals surface area contributed by atoms with Crippen LogP contribution in [-0.4, -0.2) is 31.3 Å². The summed E-state index contributed by atoms with van der Waals surface area (Å²) in [5.41, 5.74) is 0.770. The van der Waals surface area contributed by atoms with Gasteiger partial charge in [-0.1, -0.05) is 23.7 Å². The van der Waals surface area contributed by atoms with Gasteiger partial charge in [-0.15, -0.1) is 0 Å². The summed E-state index contributed by atoms with van der Waals surface area (Å²) in [5.74, 6) is -1.88. The first-order valence-corrected chi connectivity index (χ1v) is 8.38. The number of amides is 2. The van der Waals surface area contributed by atoms with E-state index in [0.29, 0.717) is 23.4 Å². The number of anilines is 1. The Morgan fingerprint density at radius 2 is 2.00 bits per heavy atom. The summed E-state index contributed by atoms with van der Waals surface area (Å²) in [4.78, 5) is 37.2. The average molecular weight is 393 g/mol. The summed E-state index contributed by atoms with van der Waals surface area (Å²) >= 11 is 5.76. The lowest BCUT2D eigenvalue weighted by molar-refractivity contribution is -0.138. The van der Waals surface area contributed by atoms with Crippen LogP contribution in [0.5, 0.6) is 5.75 Å². The molecular weight excluding hydrogens is 375 g/mol. The Morgan fingerprint density at radius 1 is 1.30 bits per heavy atom. The van der Waals surface area contributed by atoms with E-state index in [1.54, 1.807) is 24.3 Å². The molecule has 0 fully saturated rings. The van der Waals surface area contributed by atoms with Gasteiger partial charge in [0.05, 0.1) is 12.8 Å². The average Bonchev–Trinajstić information content (AvgIpc) is 2.65. The Balaban J connectivity index is 2.10. The molecule has 0 aliphatic carbocycles. The third-order valence-electron chi connectivity index (χ3n) is 3.87. The number of hydrogen-bond acceptors (Lipinski definition) is 4. The normalized spacial score (nSPS) is 11.4. The van der Waals surface area contributed by atoms with Crippen molar-refractivity contribution in [1.82, 2.24) is 5.32 Å². The van der Waals surface area contributed by atoms with Crippen LogP contribution in [0.1, 0.15) is 12.5 Å². The lowest BCUT2D eigenvalue weighted by atomic mass is 10.1. The van der Waals surface area contributed by atoms with Crippen LogP contribution in [0.15, 0.2) is 42.5 Å². The van der Waals surface area contributed by atoms with Gasteiger partial charge in [-0.3, -0.25) is 14.4 Å². The molecule has 0 heterocycles. The van der Waals surface area contributed by atoms with Crippen LogP contribution in [0.3, 0.4) is 0 Å². The Kier molecular flexibility index (Phi) is 6.90. The fraction of sp³-hybridized carbons (Fsp3) is 0.211. The fourth-order valence-corrected chi connectivity index (χ4v) is 2.74. The quantitative estimate of drug-likeness (QED) is 0.553. The molecule has 1 atom stereocenters. The van der Waals surface area contributed by atoms with Crippen LogP contribution in [0, 0.1) is 5.82 Å². The number of methoxy groups -OCH3 is 1. The molecule has 142 valence electrons. The molecule has 0 bridgehead atoms. The maximum absolute atomic E-state index is 13.3. The molecule has 1 N–H and O–H groups in total. The number of carbonyl (C=O) groups excluding carboxylic acids is 3. The SMILES string of the molecule is COc1ccccc1N(C=O)C(C)C(=O)C(=O)NCc1cc(F)cc(Cl)c1. The van der Waals surface area contributed by atoms with Crippen LogP contribution in [0.4, 0.5) is 10.1 Å². The molecule has 1 unspecified atom stereocenters. The molecule has 2 aromatic carbocycles. The van der Waals surface area contributed by atoms with Crippen molar-refractivity contribution in [2.24, 2.45) is 0 Å². The van der Waals surface area contributed by atoms with Gasteiger partial charge in [0.15, 0.2) is 0 Å². The highest BCUT2D eigenvalue weighted by molar-refractivity contribution is 6.39. The van der Waals surface area contributed by atoms with Gasteiger partial charge < -0.3 is 15.0 Å². The third-order valence-corrected chi connectivity index (χ3v) is 4.09. The van der Waals surface area contributed by atoms with Crippen molar-refractivity contribution in [2.75, 3.05) is 12.0 Å². The first-order valence-electron chi connectivity index (χ1n) is 8.01. The van der Waals surface area contributed by atoms with Gasteiger partial charge in [0.1, 0.15) is 17.6 Å². The summed E-state index contributed by atoms with van der Waals surface area (Å²) < 4.78 is 18.5. The number of nitrogens with one attached hydrogen (secondary N) is 1. The van der Waals surface area contributed by atoms with Gasteiger partial charge in [0.25, 0.3) is 5.91 Å². The molecule has 0 aliphatic rings. The Bertz CT molecular complexity index is 839. The van der Waals surface area contributed by atoms with Gasteiger partial charge in [-0.05, 0) is 42.8 Å². The molecular formula is C19H18ClFN2O4. The fourth-order valence-electron chi connectivity index (χ4n) is 2.50. The maximum atomic E-state index is 13.3. The zero-order valence-corrected chi connectivity index (χ0v) is 15.5. The monoisotopic (exact) mass is 392 g/mol. The van der Waals surface area contributed by atoms with Gasteiger partial charge in [-0.2, -0.15) is 0 Å². The highest BCUT2D eigenvalue weighted by Gasteiger charge is 2.28. The van der Waals surface area contributed by atoms with E-state index in [2.05, 4.69) is 5.32 Å². The second-order valence-corrected chi connectivity index (χ2v) is 6.12. The van der Waals surface area contributed by atoms with Crippen molar-refractivity contribution in [3.63, 3.8) is 0 Å². The van der Waals surface area contributed by atoms with E-state index in [1.807, 2.05) is 0 Å². The van der Waals surface area contributed by atoms with E-state index < -0.39 is 23.5 Å². The zero-order valence-electron chi connectivity index (χ0n) is 14.7. The molecule has 0 aromatic heterocycles. The topological polar surface area (TPSA) is 75.7 Å². The lowest BCUT2D eigenvalue weighted by Crippen LogP contribution is -2.45. The lowest BCUT2D eigenvalue weighted by Gasteiger charge is -2.25. The van der Waals surface area contributed by atoms with Crippen molar-refractivity contribution in [2.45, 2.75) is 19.5 Å². The molecule has 2 amide bonds. The number of nitrogens with zero attached hydrogens (tertiary/aromatic N) is 1. The number of halogens is 2. The molecule has 2 aromatic rings. The van der Waals surface area contributed by atoms with Crippen LogP contribution >= 0.6 is 11.6 Å². The number of benzene rings is 2. The van der Waals surface area contributed by atoms with Crippen molar-refractivity contribution in [3.8, 4) is 5.75 Å². The van der Waals surface area contributed by atoms with E-state index >= 15 is 0 Å². The first-order chi connectivity index (χ1) is 12.9. The molecule has 0 saturated heterocycles. The van der Waals surface area contributed by atoms with Crippen molar-refractivity contribution in [1.29, 1.82) is 0 Å². The van der Waals surface area contributed by atoms with E-state index in [1.165, 1.54) is 26.2 Å².